The minimum atomic E-state index is -0.194. The first-order valence-corrected chi connectivity index (χ1v) is 14.6. The first-order chi connectivity index (χ1) is 19.2. The van der Waals surface area contributed by atoms with Gasteiger partial charge in [0.1, 0.15) is 7.11 Å². The monoisotopic (exact) mass is 587 g/mol. The summed E-state index contributed by atoms with van der Waals surface area (Å²) < 4.78 is 0. The van der Waals surface area contributed by atoms with Gasteiger partial charge in [0, 0.05) is 60.8 Å². The molecule has 2 aliphatic rings. The molecule has 0 bridgehead atoms. The van der Waals surface area contributed by atoms with E-state index in [4.69, 9.17) is 28.0 Å². The van der Waals surface area contributed by atoms with Crippen molar-refractivity contribution in [3.05, 3.63) is 69.7 Å². The zero-order chi connectivity index (χ0) is 28.6. The molecule has 2 aromatic rings. The van der Waals surface area contributed by atoms with Crippen LogP contribution in [0.3, 0.4) is 0 Å². The summed E-state index contributed by atoms with van der Waals surface area (Å²) in [6.07, 6.45) is 2.81. The van der Waals surface area contributed by atoms with Crippen molar-refractivity contribution < 1.29 is 14.4 Å². The van der Waals surface area contributed by atoms with Gasteiger partial charge in [0.2, 0.25) is 5.91 Å². The Balaban J connectivity index is 1.42. The summed E-state index contributed by atoms with van der Waals surface area (Å²) in [5.74, 6) is 0.0206. The van der Waals surface area contributed by atoms with Crippen LogP contribution in [0.15, 0.2) is 53.7 Å². The molecule has 2 fully saturated rings. The van der Waals surface area contributed by atoms with Gasteiger partial charge in [-0.05, 0) is 56.6 Å². The van der Waals surface area contributed by atoms with Gasteiger partial charge in [-0.1, -0.05) is 58.7 Å². The van der Waals surface area contributed by atoms with E-state index in [0.717, 1.165) is 63.3 Å². The van der Waals surface area contributed by atoms with Gasteiger partial charge in [-0.2, -0.15) is 0 Å². The van der Waals surface area contributed by atoms with Crippen LogP contribution < -0.4 is 0 Å². The van der Waals surface area contributed by atoms with E-state index >= 15 is 0 Å². The maximum Gasteiger partial charge on any atom is 0.254 e. The lowest BCUT2D eigenvalue weighted by Crippen LogP contribution is -2.55. The number of hydrogen-bond donors (Lipinski definition) is 0. The Labute approximate surface area is 247 Å². The van der Waals surface area contributed by atoms with Crippen molar-refractivity contribution in [1.82, 2.24) is 19.6 Å². The van der Waals surface area contributed by atoms with E-state index in [1.54, 1.807) is 30.1 Å². The van der Waals surface area contributed by atoms with E-state index in [1.807, 2.05) is 25.2 Å². The Morgan fingerprint density at radius 2 is 1.75 bits per heavy atom. The SMILES string of the molecule is CO/N=C(\CN(C)C(=O)c1cc(Cl)cc(Cl)c1)C(CCN1CCC(N2CCN(C)CC2=O)CC1)c1ccccc1. The Bertz CT molecular complexity index is 1170. The summed E-state index contributed by atoms with van der Waals surface area (Å²) >= 11 is 12.3. The first-order valence-electron chi connectivity index (χ1n) is 13.8. The highest BCUT2D eigenvalue weighted by Crippen LogP contribution is 2.26. The number of rotatable bonds is 10. The molecule has 2 aliphatic heterocycles. The van der Waals surface area contributed by atoms with Crippen LogP contribution >= 0.6 is 23.2 Å². The Hall–Kier alpha value is -2.65. The van der Waals surface area contributed by atoms with Crippen LogP contribution in [-0.4, -0.2) is 110 Å². The number of carbonyl (C=O) groups excluding carboxylic acids is 2. The Morgan fingerprint density at radius 3 is 2.38 bits per heavy atom. The number of hydrogen-bond acceptors (Lipinski definition) is 6. The maximum atomic E-state index is 13.2. The number of piperazine rings is 1. The van der Waals surface area contributed by atoms with Crippen LogP contribution in [0.25, 0.3) is 0 Å². The molecule has 1 atom stereocenters. The normalized spacial score (nSPS) is 18.6. The minimum absolute atomic E-state index is 0.0312. The molecule has 4 rings (SSSR count). The van der Waals surface area contributed by atoms with Crippen molar-refractivity contribution in [2.24, 2.45) is 5.16 Å². The van der Waals surface area contributed by atoms with Crippen LogP contribution in [0.5, 0.6) is 0 Å². The number of halogens is 2. The molecule has 2 amide bonds. The molecular formula is C30H39Cl2N5O3. The molecular weight excluding hydrogens is 549 g/mol. The van der Waals surface area contributed by atoms with Gasteiger partial charge >= 0.3 is 0 Å². The number of carbonyl (C=O) groups is 2. The zero-order valence-electron chi connectivity index (χ0n) is 23.6. The number of oxime groups is 1. The van der Waals surface area contributed by atoms with Gasteiger partial charge in [-0.3, -0.25) is 14.5 Å². The standard InChI is InChI=1S/C30H39Cl2N5O3/c1-34-15-16-37(29(38)21-34)26-9-12-36(13-10-26)14-11-27(22-7-5-4-6-8-22)28(33-40-3)20-35(2)30(39)23-17-24(31)19-25(32)18-23/h4-8,17-19,26-27H,9-16,20-21H2,1-3H3/b33-28+. The van der Waals surface area contributed by atoms with Crippen molar-refractivity contribution >= 4 is 40.7 Å². The Kier molecular flexibility index (Phi) is 10.8. The fourth-order valence-electron chi connectivity index (χ4n) is 5.70. The number of amides is 2. The van der Waals surface area contributed by atoms with Gasteiger partial charge < -0.3 is 19.5 Å². The topological polar surface area (TPSA) is 68.7 Å². The second-order valence-corrected chi connectivity index (χ2v) is 11.6. The summed E-state index contributed by atoms with van der Waals surface area (Å²) in [5, 5.41) is 5.24. The third kappa shape index (κ3) is 7.97. The Morgan fingerprint density at radius 1 is 1.07 bits per heavy atom. The summed E-state index contributed by atoms with van der Waals surface area (Å²) in [7, 11) is 5.28. The van der Waals surface area contributed by atoms with E-state index in [2.05, 4.69) is 32.0 Å². The molecule has 1 unspecified atom stereocenters. The van der Waals surface area contributed by atoms with Gasteiger partial charge in [0.15, 0.2) is 0 Å². The molecule has 8 nitrogen and oxygen atoms in total. The van der Waals surface area contributed by atoms with E-state index < -0.39 is 0 Å². The highest BCUT2D eigenvalue weighted by Gasteiger charge is 2.31. The quantitative estimate of drug-likeness (QED) is 0.303. The third-order valence-corrected chi connectivity index (χ3v) is 8.28. The number of nitrogens with zero attached hydrogens (tertiary/aromatic N) is 5. The summed E-state index contributed by atoms with van der Waals surface area (Å²) in [6.45, 7) is 5.36. The van der Waals surface area contributed by atoms with Gasteiger partial charge in [-0.15, -0.1) is 0 Å². The molecule has 0 radical (unpaired) electrons. The van der Waals surface area contributed by atoms with Crippen LogP contribution in [0.4, 0.5) is 0 Å². The van der Waals surface area contributed by atoms with Crippen molar-refractivity contribution in [2.45, 2.75) is 31.2 Å². The van der Waals surface area contributed by atoms with Gasteiger partial charge in [-0.25, -0.2) is 0 Å². The van der Waals surface area contributed by atoms with Crippen molar-refractivity contribution in [1.29, 1.82) is 0 Å². The maximum absolute atomic E-state index is 13.2. The molecule has 216 valence electrons. The van der Waals surface area contributed by atoms with Crippen LogP contribution in [0, 0.1) is 0 Å². The first kappa shape index (κ1) is 30.3. The van der Waals surface area contributed by atoms with Crippen molar-refractivity contribution in [2.75, 3.05) is 67.0 Å². The second kappa shape index (κ2) is 14.3. The molecule has 0 aliphatic carbocycles. The summed E-state index contributed by atoms with van der Waals surface area (Å²) in [6, 6.07) is 15.4. The lowest BCUT2D eigenvalue weighted by molar-refractivity contribution is -0.139. The largest absolute Gasteiger partial charge is 0.399 e. The molecule has 10 heteroatoms. The smallest absolute Gasteiger partial charge is 0.254 e. The van der Waals surface area contributed by atoms with Crippen molar-refractivity contribution in [3.63, 3.8) is 0 Å². The number of likely N-dealkylation sites (tertiary alicyclic amines) is 1. The van der Waals surface area contributed by atoms with E-state index in [9.17, 15) is 9.59 Å². The predicted octanol–water partition coefficient (Wildman–Crippen LogP) is 4.48. The van der Waals surface area contributed by atoms with Gasteiger partial charge in [0.25, 0.3) is 5.91 Å². The average Bonchev–Trinajstić information content (AvgIpc) is 2.93. The predicted molar refractivity (Wildman–Crippen MR) is 160 cm³/mol. The van der Waals surface area contributed by atoms with E-state index in [0.29, 0.717) is 34.7 Å². The highest BCUT2D eigenvalue weighted by atomic mass is 35.5. The van der Waals surface area contributed by atoms with Crippen molar-refractivity contribution in [3.8, 4) is 0 Å². The lowest BCUT2D eigenvalue weighted by atomic mass is 9.89. The number of likely N-dealkylation sites (N-methyl/N-ethyl adjacent to an activating group) is 1. The van der Waals surface area contributed by atoms with Crippen LogP contribution in [0.2, 0.25) is 10.0 Å². The molecule has 40 heavy (non-hydrogen) atoms. The highest BCUT2D eigenvalue weighted by molar-refractivity contribution is 6.35. The van der Waals surface area contributed by atoms with Crippen LogP contribution in [0.1, 0.15) is 41.1 Å². The fourth-order valence-corrected chi connectivity index (χ4v) is 6.23. The molecule has 2 heterocycles. The molecule has 2 saturated heterocycles. The number of benzene rings is 2. The molecule has 0 spiro atoms. The average molecular weight is 589 g/mol. The summed E-state index contributed by atoms with van der Waals surface area (Å²) in [4.78, 5) is 39.3. The lowest BCUT2D eigenvalue weighted by Gasteiger charge is -2.42. The summed E-state index contributed by atoms with van der Waals surface area (Å²) in [5.41, 5.74) is 2.33. The van der Waals surface area contributed by atoms with E-state index in [-0.39, 0.29) is 17.7 Å². The van der Waals surface area contributed by atoms with Gasteiger partial charge in [0.05, 0.1) is 18.8 Å². The third-order valence-electron chi connectivity index (χ3n) is 7.85. The van der Waals surface area contributed by atoms with Crippen LogP contribution in [-0.2, 0) is 9.63 Å². The minimum Gasteiger partial charge on any atom is -0.399 e. The fraction of sp³-hybridized carbons (Fsp3) is 0.500. The molecule has 2 aromatic carbocycles. The molecule has 0 aromatic heterocycles. The zero-order valence-corrected chi connectivity index (χ0v) is 25.1. The molecule has 0 N–H and O–H groups in total. The second-order valence-electron chi connectivity index (χ2n) is 10.7. The van der Waals surface area contributed by atoms with E-state index in [1.165, 1.54) is 7.11 Å². The number of piperidine rings is 1. The molecule has 0 saturated carbocycles.